The standard InChI is InChI=1S/C15H17N3O4S2/c1-7(19)10-12(20)18-11(14(21)22)15(24-13(10)18)23-8-2-4-17-5-3-16-9(17)6-8/h3,5,7-8,10,13,19H,2,4,6H2,1H3,(H,21,22)/t7-,8-,10+,13-/m1/s1. The Morgan fingerprint density at radius 2 is 2.33 bits per heavy atom. The molecule has 1 aromatic rings. The van der Waals surface area contributed by atoms with Gasteiger partial charge in [0.15, 0.2) is 5.70 Å². The van der Waals surface area contributed by atoms with Crippen molar-refractivity contribution in [3.63, 3.8) is 0 Å². The number of carboxylic acids is 1. The number of carbonyl (C=O) groups excluding carboxylic acids is 1. The molecule has 4 heterocycles. The number of thioether (sulfide) groups is 2. The van der Waals surface area contributed by atoms with Gasteiger partial charge in [-0.05, 0) is 13.3 Å². The summed E-state index contributed by atoms with van der Waals surface area (Å²) < 4.78 is 2.79. The van der Waals surface area contributed by atoms with Crippen molar-refractivity contribution in [2.75, 3.05) is 0 Å². The number of aryl methyl sites for hydroxylation is 1. The zero-order valence-electron chi connectivity index (χ0n) is 13.0. The summed E-state index contributed by atoms with van der Waals surface area (Å²) in [5.74, 6) is -0.884. The number of fused-ring (bicyclic) bond motifs is 2. The fourth-order valence-corrected chi connectivity index (χ4v) is 6.71. The average molecular weight is 367 g/mol. The van der Waals surface area contributed by atoms with Crippen LogP contribution >= 0.6 is 23.5 Å². The van der Waals surface area contributed by atoms with Crippen LogP contribution in [-0.4, -0.2) is 53.3 Å². The Balaban J connectivity index is 1.55. The number of imidazole rings is 1. The van der Waals surface area contributed by atoms with E-state index in [1.165, 1.54) is 28.4 Å². The Morgan fingerprint density at radius 1 is 1.54 bits per heavy atom. The van der Waals surface area contributed by atoms with Gasteiger partial charge in [-0.25, -0.2) is 9.78 Å². The van der Waals surface area contributed by atoms with Crippen LogP contribution in [0.5, 0.6) is 0 Å². The van der Waals surface area contributed by atoms with E-state index in [-0.39, 0.29) is 22.2 Å². The molecule has 0 aromatic carbocycles. The molecular weight excluding hydrogens is 350 g/mol. The predicted octanol–water partition coefficient (Wildman–Crippen LogP) is 1.10. The molecule has 0 spiro atoms. The smallest absolute Gasteiger partial charge is 0.354 e. The molecule has 1 fully saturated rings. The molecule has 7 nitrogen and oxygen atoms in total. The molecular formula is C15H17N3O4S2. The maximum Gasteiger partial charge on any atom is 0.354 e. The lowest BCUT2D eigenvalue weighted by atomic mass is 9.92. The minimum Gasteiger partial charge on any atom is -0.477 e. The van der Waals surface area contributed by atoms with Crippen LogP contribution in [0.3, 0.4) is 0 Å². The number of hydrogen-bond donors (Lipinski definition) is 2. The molecule has 4 rings (SSSR count). The van der Waals surface area contributed by atoms with Gasteiger partial charge >= 0.3 is 5.97 Å². The molecule has 0 unspecified atom stereocenters. The number of hydrogen-bond acceptors (Lipinski definition) is 6. The van der Waals surface area contributed by atoms with Crippen molar-refractivity contribution in [3.05, 3.63) is 28.2 Å². The maximum absolute atomic E-state index is 12.2. The van der Waals surface area contributed by atoms with E-state index in [1.54, 1.807) is 13.1 Å². The number of carboxylic acid groups (broad SMARTS) is 1. The van der Waals surface area contributed by atoms with Gasteiger partial charge in [0.1, 0.15) is 11.2 Å². The minimum atomic E-state index is -1.08. The van der Waals surface area contributed by atoms with Crippen molar-refractivity contribution in [2.45, 2.75) is 43.0 Å². The molecule has 1 aromatic heterocycles. The van der Waals surface area contributed by atoms with Gasteiger partial charge in [-0.3, -0.25) is 9.69 Å². The molecule has 0 saturated carbocycles. The second-order valence-corrected chi connectivity index (χ2v) is 8.89. The second-order valence-electron chi connectivity index (χ2n) is 6.19. The lowest BCUT2D eigenvalue weighted by Crippen LogP contribution is -2.60. The number of rotatable bonds is 4. The van der Waals surface area contributed by atoms with Crippen LogP contribution in [0.1, 0.15) is 19.2 Å². The summed E-state index contributed by atoms with van der Waals surface area (Å²) in [5, 5.41) is 19.3. The minimum absolute atomic E-state index is 0.0748. The van der Waals surface area contributed by atoms with E-state index in [1.807, 2.05) is 6.20 Å². The molecule has 1 saturated heterocycles. The van der Waals surface area contributed by atoms with Gasteiger partial charge in [0, 0.05) is 30.6 Å². The molecule has 0 aliphatic carbocycles. The van der Waals surface area contributed by atoms with Crippen molar-refractivity contribution < 1.29 is 19.8 Å². The number of aliphatic hydroxyl groups is 1. The van der Waals surface area contributed by atoms with Crippen molar-refractivity contribution in [1.29, 1.82) is 0 Å². The van der Waals surface area contributed by atoms with Gasteiger partial charge in [0.05, 0.1) is 16.3 Å². The fourth-order valence-electron chi connectivity index (χ4n) is 3.41. The number of amides is 1. The topological polar surface area (TPSA) is 95.7 Å². The molecule has 0 bridgehead atoms. The summed E-state index contributed by atoms with van der Waals surface area (Å²) in [5.41, 5.74) is 0.0748. The normalized spacial score (nSPS) is 30.0. The Morgan fingerprint density at radius 3 is 3.04 bits per heavy atom. The first kappa shape index (κ1) is 16.0. The third-order valence-corrected chi connectivity index (χ3v) is 7.52. The summed E-state index contributed by atoms with van der Waals surface area (Å²) >= 11 is 2.92. The monoisotopic (exact) mass is 367 g/mol. The maximum atomic E-state index is 12.2. The molecule has 0 radical (unpaired) electrons. The first-order valence-electron chi connectivity index (χ1n) is 7.79. The molecule has 3 aliphatic rings. The lowest BCUT2D eigenvalue weighted by Gasteiger charge is -2.43. The van der Waals surface area contributed by atoms with Crippen molar-refractivity contribution in [3.8, 4) is 0 Å². The summed E-state index contributed by atoms with van der Waals surface area (Å²) in [4.78, 5) is 29.5. The summed E-state index contributed by atoms with van der Waals surface area (Å²) in [6.07, 6.45) is 4.69. The van der Waals surface area contributed by atoms with Gasteiger partial charge in [0.25, 0.3) is 0 Å². The molecule has 3 aliphatic heterocycles. The molecule has 24 heavy (non-hydrogen) atoms. The number of aromatic nitrogens is 2. The van der Waals surface area contributed by atoms with Crippen LogP contribution in [0.25, 0.3) is 0 Å². The van der Waals surface area contributed by atoms with Crippen molar-refractivity contribution in [1.82, 2.24) is 14.5 Å². The Labute approximate surface area is 147 Å². The molecule has 2 N–H and O–H groups in total. The highest BCUT2D eigenvalue weighted by Gasteiger charge is 2.57. The largest absolute Gasteiger partial charge is 0.477 e. The van der Waals surface area contributed by atoms with Crippen molar-refractivity contribution in [2.24, 2.45) is 5.92 Å². The van der Waals surface area contributed by atoms with Crippen LogP contribution in [0, 0.1) is 5.92 Å². The number of carbonyl (C=O) groups is 2. The summed E-state index contributed by atoms with van der Waals surface area (Å²) in [6, 6.07) is 0. The molecule has 1 amide bonds. The highest BCUT2D eigenvalue weighted by atomic mass is 32.2. The van der Waals surface area contributed by atoms with Gasteiger partial charge in [-0.1, -0.05) is 11.8 Å². The van der Waals surface area contributed by atoms with Crippen LogP contribution in [0.4, 0.5) is 0 Å². The van der Waals surface area contributed by atoms with Crippen LogP contribution in [-0.2, 0) is 22.6 Å². The van der Waals surface area contributed by atoms with Gasteiger partial charge in [0.2, 0.25) is 5.91 Å². The SMILES string of the molecule is C[C@@H](O)[C@H]1C(=O)N2C(C(=O)O)=C(S[C@@H]3CCn4ccnc4C3)S[C@H]12. The highest BCUT2D eigenvalue weighted by Crippen LogP contribution is 2.55. The fraction of sp³-hybridized carbons (Fsp3) is 0.533. The summed E-state index contributed by atoms with van der Waals surface area (Å²) in [7, 11) is 0. The van der Waals surface area contributed by atoms with E-state index in [2.05, 4.69) is 9.55 Å². The highest BCUT2D eigenvalue weighted by molar-refractivity contribution is 8.23. The first-order valence-corrected chi connectivity index (χ1v) is 9.55. The zero-order valence-corrected chi connectivity index (χ0v) is 14.6. The lowest BCUT2D eigenvalue weighted by molar-refractivity contribution is -0.156. The predicted molar refractivity (Wildman–Crippen MR) is 90.0 cm³/mol. The zero-order chi connectivity index (χ0) is 17.0. The third-order valence-electron chi connectivity index (χ3n) is 4.65. The van der Waals surface area contributed by atoms with E-state index in [9.17, 15) is 19.8 Å². The van der Waals surface area contributed by atoms with Gasteiger partial charge < -0.3 is 14.8 Å². The van der Waals surface area contributed by atoms with Gasteiger partial charge in [-0.15, -0.1) is 11.8 Å². The second kappa shape index (κ2) is 5.82. The number of aliphatic carboxylic acids is 1. The number of β-lactam (4-membered cyclic amide) rings is 1. The molecule has 4 atom stereocenters. The van der Waals surface area contributed by atoms with Crippen molar-refractivity contribution >= 4 is 35.4 Å². The summed E-state index contributed by atoms with van der Waals surface area (Å²) in [6.45, 7) is 2.45. The Kier molecular flexibility index (Phi) is 3.89. The van der Waals surface area contributed by atoms with Gasteiger partial charge in [-0.2, -0.15) is 0 Å². The van der Waals surface area contributed by atoms with E-state index in [0.717, 1.165) is 25.2 Å². The molecule has 128 valence electrons. The van der Waals surface area contributed by atoms with E-state index in [4.69, 9.17) is 0 Å². The van der Waals surface area contributed by atoms with E-state index in [0.29, 0.717) is 4.24 Å². The molecule has 9 heteroatoms. The van der Waals surface area contributed by atoms with E-state index < -0.39 is 18.0 Å². The van der Waals surface area contributed by atoms with Crippen LogP contribution in [0.2, 0.25) is 0 Å². The quantitative estimate of drug-likeness (QED) is 0.769. The van der Waals surface area contributed by atoms with E-state index >= 15 is 0 Å². The van der Waals surface area contributed by atoms with Crippen LogP contribution in [0.15, 0.2) is 22.3 Å². The average Bonchev–Trinajstić information content (AvgIpc) is 3.09. The van der Waals surface area contributed by atoms with Crippen LogP contribution < -0.4 is 0 Å². The Bertz CT molecular complexity index is 745. The Hall–Kier alpha value is -1.45. The third kappa shape index (κ3) is 2.37. The number of aliphatic hydroxyl groups excluding tert-OH is 1. The first-order chi connectivity index (χ1) is 11.5. The number of nitrogens with zero attached hydrogens (tertiary/aromatic N) is 3.